The monoisotopic (exact) mass is 517 g/mol. The van der Waals surface area contributed by atoms with Crippen molar-refractivity contribution < 1.29 is 27.8 Å². The molecular weight excluding hydrogens is 491 g/mol. The first-order chi connectivity index (χ1) is 17.7. The van der Waals surface area contributed by atoms with Gasteiger partial charge in [0.05, 0.1) is 25.2 Å². The lowest BCUT2D eigenvalue weighted by atomic mass is 10.2. The lowest BCUT2D eigenvalue weighted by molar-refractivity contribution is -0.192. The molecule has 0 spiro atoms. The van der Waals surface area contributed by atoms with Crippen molar-refractivity contribution in [1.82, 2.24) is 29.0 Å². The van der Waals surface area contributed by atoms with Gasteiger partial charge in [-0.15, -0.1) is 0 Å². The molecule has 0 radical (unpaired) electrons. The quantitative estimate of drug-likeness (QED) is 0.431. The number of halogens is 3. The molecule has 1 saturated heterocycles. The molecule has 0 saturated carbocycles. The Kier molecular flexibility index (Phi) is 7.62. The summed E-state index contributed by atoms with van der Waals surface area (Å²) in [6, 6.07) is 8.30. The molecule has 5 rings (SSSR count). The van der Waals surface area contributed by atoms with E-state index >= 15 is 0 Å². The summed E-state index contributed by atoms with van der Waals surface area (Å²) in [5.41, 5.74) is 4.23. The Labute approximate surface area is 210 Å². The van der Waals surface area contributed by atoms with Gasteiger partial charge >= 0.3 is 12.1 Å². The maximum absolute atomic E-state index is 10.6. The number of aryl methyl sites for hydroxylation is 1. The fourth-order valence-corrected chi connectivity index (χ4v) is 4.04. The van der Waals surface area contributed by atoms with Crippen molar-refractivity contribution in [3.05, 3.63) is 60.8 Å². The number of rotatable bonds is 5. The van der Waals surface area contributed by atoms with Gasteiger partial charge in [-0.3, -0.25) is 14.0 Å². The molecule has 13 heteroatoms. The first-order valence-corrected chi connectivity index (χ1v) is 11.4. The van der Waals surface area contributed by atoms with Crippen LogP contribution in [-0.2, 0) is 18.4 Å². The van der Waals surface area contributed by atoms with Gasteiger partial charge in [-0.1, -0.05) is 12.1 Å². The molecule has 196 valence electrons. The van der Waals surface area contributed by atoms with E-state index < -0.39 is 12.1 Å². The molecule has 0 bridgehead atoms. The SMILES string of the molecule is COc1cccc(CN2CCN(c3nccn4c(-c5cnn(C)c5)cnc34)CC2)c1.O=C(O)C(F)(F)F. The lowest BCUT2D eigenvalue weighted by Gasteiger charge is -2.35. The highest BCUT2D eigenvalue weighted by molar-refractivity contribution is 5.73. The number of piperazine rings is 1. The third-order valence-electron chi connectivity index (χ3n) is 5.86. The third kappa shape index (κ3) is 6.17. The van der Waals surface area contributed by atoms with Crippen molar-refractivity contribution in [2.24, 2.45) is 7.05 Å². The van der Waals surface area contributed by atoms with Gasteiger partial charge in [0.2, 0.25) is 0 Å². The number of anilines is 1. The van der Waals surface area contributed by atoms with Crippen molar-refractivity contribution >= 4 is 17.4 Å². The average Bonchev–Trinajstić information content (AvgIpc) is 3.50. The van der Waals surface area contributed by atoms with Crippen molar-refractivity contribution in [2.45, 2.75) is 12.7 Å². The third-order valence-corrected chi connectivity index (χ3v) is 5.86. The number of hydrogen-bond acceptors (Lipinski definition) is 7. The summed E-state index contributed by atoms with van der Waals surface area (Å²) in [6.45, 7) is 4.74. The van der Waals surface area contributed by atoms with Crippen LogP contribution < -0.4 is 9.64 Å². The van der Waals surface area contributed by atoms with Gasteiger partial charge in [0.15, 0.2) is 11.5 Å². The number of carbonyl (C=O) groups is 1. The number of aromatic nitrogens is 5. The Morgan fingerprint density at radius 3 is 2.49 bits per heavy atom. The number of methoxy groups -OCH3 is 1. The molecule has 1 aliphatic rings. The Morgan fingerprint density at radius 1 is 1.14 bits per heavy atom. The minimum atomic E-state index is -5.08. The van der Waals surface area contributed by atoms with E-state index in [4.69, 9.17) is 14.6 Å². The van der Waals surface area contributed by atoms with Crippen molar-refractivity contribution in [3.8, 4) is 17.0 Å². The standard InChI is InChI=1S/C22H25N7O.C2HF3O2/c1-26-16-18(13-25-26)20-14-24-22-21(23-6-7-29(20)22)28-10-8-27(9-11-28)15-17-4-3-5-19(12-17)30-2;3-2(4,5)1(6)7/h3-7,12-14,16H,8-11,15H2,1-2H3;(H,6,7). The van der Waals surface area contributed by atoms with Crippen LogP contribution in [0, 0.1) is 0 Å². The Bertz CT molecular complexity index is 1360. The first-order valence-electron chi connectivity index (χ1n) is 11.4. The normalized spacial score (nSPS) is 14.4. The van der Waals surface area contributed by atoms with Crippen LogP contribution >= 0.6 is 0 Å². The number of carboxylic acid groups (broad SMARTS) is 1. The van der Waals surface area contributed by atoms with E-state index in [1.165, 1.54) is 5.56 Å². The van der Waals surface area contributed by atoms with Crippen molar-refractivity contribution in [1.29, 1.82) is 0 Å². The zero-order valence-electron chi connectivity index (χ0n) is 20.3. The first kappa shape index (κ1) is 25.9. The summed E-state index contributed by atoms with van der Waals surface area (Å²) in [4.78, 5) is 23.0. The van der Waals surface area contributed by atoms with Crippen LogP contribution in [0.4, 0.5) is 19.0 Å². The Hall–Kier alpha value is -4.13. The molecule has 4 aromatic rings. The number of imidazole rings is 1. The van der Waals surface area contributed by atoms with Gasteiger partial charge in [-0.05, 0) is 17.7 Å². The second-order valence-electron chi connectivity index (χ2n) is 8.41. The van der Waals surface area contributed by atoms with E-state index in [0.717, 1.165) is 61.2 Å². The van der Waals surface area contributed by atoms with E-state index in [9.17, 15) is 13.2 Å². The molecule has 0 aliphatic carbocycles. The smallest absolute Gasteiger partial charge is 0.490 e. The summed E-state index contributed by atoms with van der Waals surface area (Å²) in [5, 5.41) is 11.4. The molecule has 37 heavy (non-hydrogen) atoms. The van der Waals surface area contributed by atoms with Crippen LogP contribution in [-0.4, -0.2) is 79.6 Å². The predicted octanol–water partition coefficient (Wildman–Crippen LogP) is 3.09. The van der Waals surface area contributed by atoms with E-state index in [1.807, 2.05) is 50.2 Å². The van der Waals surface area contributed by atoms with Gasteiger partial charge in [0.25, 0.3) is 0 Å². The van der Waals surface area contributed by atoms with Gasteiger partial charge in [0.1, 0.15) is 5.75 Å². The number of alkyl halides is 3. The highest BCUT2D eigenvalue weighted by Crippen LogP contribution is 2.26. The molecule has 1 aliphatic heterocycles. The number of carboxylic acids is 1. The van der Waals surface area contributed by atoms with E-state index in [2.05, 4.69) is 41.4 Å². The van der Waals surface area contributed by atoms with Gasteiger partial charge in [-0.25, -0.2) is 14.8 Å². The number of ether oxygens (including phenoxy) is 1. The topological polar surface area (TPSA) is 101 Å². The summed E-state index contributed by atoms with van der Waals surface area (Å²) in [5.74, 6) is -0.910. The number of fused-ring (bicyclic) bond motifs is 1. The number of aliphatic carboxylic acids is 1. The summed E-state index contributed by atoms with van der Waals surface area (Å²) in [7, 11) is 3.63. The van der Waals surface area contributed by atoms with Crippen LogP contribution in [0.1, 0.15) is 5.56 Å². The van der Waals surface area contributed by atoms with E-state index in [-0.39, 0.29) is 0 Å². The van der Waals surface area contributed by atoms with Gasteiger partial charge in [0, 0.05) is 63.9 Å². The molecule has 1 fully saturated rings. The molecule has 0 unspecified atom stereocenters. The Morgan fingerprint density at radius 2 is 1.86 bits per heavy atom. The summed E-state index contributed by atoms with van der Waals surface area (Å²) < 4.78 is 41.0. The predicted molar refractivity (Wildman–Crippen MR) is 129 cm³/mol. The Balaban J connectivity index is 0.000000405. The minimum Gasteiger partial charge on any atom is -0.497 e. The van der Waals surface area contributed by atoms with Crippen LogP contribution in [0.25, 0.3) is 16.9 Å². The number of hydrogen-bond donors (Lipinski definition) is 1. The molecule has 1 N–H and O–H groups in total. The van der Waals surface area contributed by atoms with Crippen molar-refractivity contribution in [2.75, 3.05) is 38.2 Å². The zero-order chi connectivity index (χ0) is 26.6. The molecule has 10 nitrogen and oxygen atoms in total. The average molecular weight is 518 g/mol. The fraction of sp³-hybridized carbons (Fsp3) is 0.333. The molecule has 0 atom stereocenters. The fourth-order valence-electron chi connectivity index (χ4n) is 4.04. The highest BCUT2D eigenvalue weighted by Gasteiger charge is 2.38. The molecule has 0 amide bonds. The molecule has 3 aromatic heterocycles. The van der Waals surface area contributed by atoms with E-state index in [1.54, 1.807) is 11.8 Å². The van der Waals surface area contributed by atoms with Crippen LogP contribution in [0.15, 0.2) is 55.2 Å². The van der Waals surface area contributed by atoms with Crippen LogP contribution in [0.2, 0.25) is 0 Å². The number of benzene rings is 1. The van der Waals surface area contributed by atoms with Crippen LogP contribution in [0.3, 0.4) is 0 Å². The summed E-state index contributed by atoms with van der Waals surface area (Å²) in [6.07, 6.45) is 4.50. The lowest BCUT2D eigenvalue weighted by Crippen LogP contribution is -2.46. The van der Waals surface area contributed by atoms with Crippen LogP contribution in [0.5, 0.6) is 5.75 Å². The number of nitrogens with zero attached hydrogens (tertiary/aromatic N) is 7. The maximum Gasteiger partial charge on any atom is 0.490 e. The second-order valence-corrected chi connectivity index (χ2v) is 8.41. The van der Waals surface area contributed by atoms with Gasteiger partial charge in [-0.2, -0.15) is 18.3 Å². The summed E-state index contributed by atoms with van der Waals surface area (Å²) >= 11 is 0. The van der Waals surface area contributed by atoms with Gasteiger partial charge < -0.3 is 14.7 Å². The molecular formula is C24H26F3N7O3. The highest BCUT2D eigenvalue weighted by atomic mass is 19.4. The second kappa shape index (κ2) is 10.9. The maximum atomic E-state index is 10.6. The van der Waals surface area contributed by atoms with E-state index in [0.29, 0.717) is 0 Å². The largest absolute Gasteiger partial charge is 0.497 e. The molecule has 1 aromatic carbocycles. The molecule has 4 heterocycles. The zero-order valence-corrected chi connectivity index (χ0v) is 20.3. The minimum absolute atomic E-state index is 0.887. The van der Waals surface area contributed by atoms with Crippen molar-refractivity contribution in [3.63, 3.8) is 0 Å².